The van der Waals surface area contributed by atoms with Crippen LogP contribution in [0.4, 0.5) is 10.2 Å². The Hall–Kier alpha value is -0.730. The van der Waals surface area contributed by atoms with E-state index in [0.717, 1.165) is 16.5 Å². The summed E-state index contributed by atoms with van der Waals surface area (Å²) >= 11 is 3.27. The van der Waals surface area contributed by atoms with Gasteiger partial charge in [0.1, 0.15) is 11.7 Å². The summed E-state index contributed by atoms with van der Waals surface area (Å²) in [6.45, 7) is 0. The third-order valence-electron chi connectivity index (χ3n) is 2.28. The lowest BCUT2D eigenvalue weighted by Crippen LogP contribution is -2.29. The van der Waals surface area contributed by atoms with Crippen LogP contribution in [0.1, 0.15) is 6.23 Å². The van der Waals surface area contributed by atoms with Crippen molar-refractivity contribution in [2.75, 3.05) is 23.5 Å². The van der Waals surface area contributed by atoms with Crippen LogP contribution < -0.4 is 11.4 Å². The molecule has 0 aromatic carbocycles. The van der Waals surface area contributed by atoms with Crippen LogP contribution in [0.3, 0.4) is 0 Å². The normalized spacial score (nSPS) is 24.1. The van der Waals surface area contributed by atoms with Crippen LogP contribution in [0.25, 0.3) is 0 Å². The number of hydrogen-bond donors (Lipinski definition) is 1. The summed E-state index contributed by atoms with van der Waals surface area (Å²) < 4.78 is 20.0. The predicted octanol–water partition coefficient (Wildman–Crippen LogP) is 0.916. The summed E-state index contributed by atoms with van der Waals surface area (Å²) in [5, 5.41) is 0. The number of thioether (sulfide) groups is 2. The number of nitrogen functional groups attached to an aromatic ring is 1. The van der Waals surface area contributed by atoms with E-state index in [-0.39, 0.29) is 11.3 Å². The molecule has 0 radical (unpaired) electrons. The minimum atomic E-state index is -0.702. The second-order valence-electron chi connectivity index (χ2n) is 3.47. The van der Waals surface area contributed by atoms with E-state index in [2.05, 4.69) is 4.98 Å². The second-order valence-corrected chi connectivity index (χ2v) is 5.58. The van der Waals surface area contributed by atoms with E-state index in [1.165, 1.54) is 0 Å². The molecule has 1 aromatic rings. The van der Waals surface area contributed by atoms with E-state index >= 15 is 0 Å². The molecule has 8 heteroatoms. The molecule has 0 unspecified atom stereocenters. The van der Waals surface area contributed by atoms with Gasteiger partial charge in [0.15, 0.2) is 11.6 Å². The lowest BCUT2D eigenvalue weighted by atomic mass is 10.5. The van der Waals surface area contributed by atoms with Crippen molar-refractivity contribution < 1.29 is 9.13 Å². The van der Waals surface area contributed by atoms with Crippen molar-refractivity contribution in [2.45, 2.75) is 11.7 Å². The maximum atomic E-state index is 13.2. The zero-order valence-corrected chi connectivity index (χ0v) is 10.8. The molecule has 1 fully saturated rings. The van der Waals surface area contributed by atoms with E-state index in [1.54, 1.807) is 23.5 Å². The molecule has 1 aliphatic rings. The van der Waals surface area contributed by atoms with Gasteiger partial charge in [0.25, 0.3) is 0 Å². The number of hydrogen-bond acceptors (Lipinski definition) is 6. The van der Waals surface area contributed by atoms with Gasteiger partial charge >= 0.3 is 5.69 Å². The molecule has 0 spiro atoms. The fourth-order valence-electron chi connectivity index (χ4n) is 1.48. The van der Waals surface area contributed by atoms with Gasteiger partial charge in [0.2, 0.25) is 0 Å². The topological polar surface area (TPSA) is 70.1 Å². The molecule has 1 aliphatic heterocycles. The zero-order valence-electron chi connectivity index (χ0n) is 9.13. The zero-order chi connectivity index (χ0) is 12.4. The minimum Gasteiger partial charge on any atom is -0.381 e. The summed E-state index contributed by atoms with van der Waals surface area (Å²) in [4.78, 5) is 15.0. The minimum absolute atomic E-state index is 0.0301. The molecule has 5 nitrogen and oxygen atoms in total. The molecular weight excluding hydrogens is 265 g/mol. The fourth-order valence-corrected chi connectivity index (χ4v) is 3.45. The van der Waals surface area contributed by atoms with Crippen LogP contribution in [0.15, 0.2) is 11.0 Å². The summed E-state index contributed by atoms with van der Waals surface area (Å²) in [7, 11) is 0. The average Bonchev–Trinajstić information content (AvgIpc) is 2.72. The molecule has 2 rings (SSSR count). The smallest absolute Gasteiger partial charge is 0.351 e. The van der Waals surface area contributed by atoms with Gasteiger partial charge in [-0.25, -0.2) is 9.18 Å². The van der Waals surface area contributed by atoms with Crippen LogP contribution in [0.2, 0.25) is 0 Å². The maximum absolute atomic E-state index is 13.2. The van der Waals surface area contributed by atoms with Crippen molar-refractivity contribution in [2.24, 2.45) is 0 Å². The molecule has 2 atom stereocenters. The third kappa shape index (κ3) is 2.75. The van der Waals surface area contributed by atoms with E-state index < -0.39 is 17.7 Å². The molecule has 0 bridgehead atoms. The number of anilines is 1. The van der Waals surface area contributed by atoms with Crippen molar-refractivity contribution in [3.05, 3.63) is 22.5 Å². The number of nitrogens with zero attached hydrogens (tertiary/aromatic N) is 2. The molecule has 94 valence electrons. The van der Waals surface area contributed by atoms with Gasteiger partial charge in [-0.2, -0.15) is 16.7 Å². The molecule has 17 heavy (non-hydrogen) atoms. The van der Waals surface area contributed by atoms with Gasteiger partial charge in [-0.1, -0.05) is 0 Å². The Morgan fingerprint density at radius 1 is 1.82 bits per heavy atom. The number of aromatic nitrogens is 2. The maximum Gasteiger partial charge on any atom is 0.351 e. The van der Waals surface area contributed by atoms with Crippen LogP contribution in [0, 0.1) is 5.82 Å². The van der Waals surface area contributed by atoms with Crippen LogP contribution in [0.5, 0.6) is 0 Å². The van der Waals surface area contributed by atoms with Crippen molar-refractivity contribution in [3.8, 4) is 0 Å². The SMILES string of the molecule is CSC[C@@H]1O[C@H](n2cc(F)c(N)nc2=O)CS1. The molecule has 1 aromatic heterocycles. The first-order valence-electron chi connectivity index (χ1n) is 4.92. The highest BCUT2D eigenvalue weighted by molar-refractivity contribution is 8.03. The molecule has 0 amide bonds. The molecule has 2 N–H and O–H groups in total. The van der Waals surface area contributed by atoms with E-state index in [9.17, 15) is 9.18 Å². The van der Waals surface area contributed by atoms with Crippen LogP contribution in [-0.4, -0.2) is 32.7 Å². The number of rotatable bonds is 3. The first-order valence-corrected chi connectivity index (χ1v) is 7.36. The fraction of sp³-hybridized carbons (Fsp3) is 0.556. The van der Waals surface area contributed by atoms with E-state index in [4.69, 9.17) is 10.5 Å². The van der Waals surface area contributed by atoms with E-state index in [1.807, 2.05) is 6.26 Å². The highest BCUT2D eigenvalue weighted by Crippen LogP contribution is 2.32. The van der Waals surface area contributed by atoms with Crippen molar-refractivity contribution in [1.29, 1.82) is 0 Å². The Morgan fingerprint density at radius 2 is 2.59 bits per heavy atom. The lowest BCUT2D eigenvalue weighted by Gasteiger charge is -2.14. The Kier molecular flexibility index (Phi) is 3.95. The lowest BCUT2D eigenvalue weighted by molar-refractivity contribution is 0.0249. The first-order chi connectivity index (χ1) is 8.11. The molecular formula is C9H12FN3O2S2. The van der Waals surface area contributed by atoms with Crippen molar-refractivity contribution in [1.82, 2.24) is 9.55 Å². The van der Waals surface area contributed by atoms with Gasteiger partial charge in [-0.15, -0.1) is 11.8 Å². The van der Waals surface area contributed by atoms with Gasteiger partial charge in [0, 0.05) is 11.5 Å². The summed E-state index contributed by atoms with van der Waals surface area (Å²) in [6.07, 6.45) is 2.57. The number of halogens is 1. The quantitative estimate of drug-likeness (QED) is 0.886. The van der Waals surface area contributed by atoms with Crippen molar-refractivity contribution in [3.63, 3.8) is 0 Å². The summed E-state index contributed by atoms with van der Waals surface area (Å²) in [5.74, 6) is 0.362. The third-order valence-corrected chi connectivity index (χ3v) is 4.25. The monoisotopic (exact) mass is 277 g/mol. The Morgan fingerprint density at radius 3 is 3.29 bits per heavy atom. The number of ether oxygens (including phenoxy) is 1. The van der Waals surface area contributed by atoms with E-state index in [0.29, 0.717) is 5.75 Å². The van der Waals surface area contributed by atoms with Gasteiger partial charge in [-0.05, 0) is 6.26 Å². The van der Waals surface area contributed by atoms with Crippen molar-refractivity contribution >= 4 is 29.3 Å². The highest BCUT2D eigenvalue weighted by atomic mass is 32.2. The van der Waals surface area contributed by atoms with Crippen LogP contribution >= 0.6 is 23.5 Å². The van der Waals surface area contributed by atoms with Gasteiger partial charge < -0.3 is 10.5 Å². The molecule has 0 aliphatic carbocycles. The highest BCUT2D eigenvalue weighted by Gasteiger charge is 2.28. The summed E-state index contributed by atoms with van der Waals surface area (Å²) in [5.41, 5.74) is 4.66. The first kappa shape index (κ1) is 12.7. The Labute approximate surface area is 106 Å². The molecule has 0 saturated carbocycles. The van der Waals surface area contributed by atoms with Crippen LogP contribution in [-0.2, 0) is 4.74 Å². The number of nitrogens with two attached hydrogens (primary N) is 1. The molecule has 1 saturated heterocycles. The van der Waals surface area contributed by atoms with Gasteiger partial charge in [0.05, 0.1) is 6.20 Å². The average molecular weight is 277 g/mol. The standard InChI is InChI=1S/C9H12FN3O2S2/c1-16-4-7-15-6(3-17-7)13-2-5(10)8(11)12-9(13)14/h2,6-7H,3-4H2,1H3,(H2,11,12,14)/t6-,7+/m0/s1. The molecule has 2 heterocycles. The Bertz CT molecular complexity index is 468. The Balaban J connectivity index is 2.19. The second kappa shape index (κ2) is 5.28. The summed E-state index contributed by atoms with van der Waals surface area (Å²) in [6, 6.07) is 0. The van der Waals surface area contributed by atoms with Gasteiger partial charge in [-0.3, -0.25) is 4.57 Å². The predicted molar refractivity (Wildman–Crippen MR) is 67.6 cm³/mol. The largest absolute Gasteiger partial charge is 0.381 e.